The maximum absolute atomic E-state index is 10.5. The van der Waals surface area contributed by atoms with Crippen molar-refractivity contribution in [2.75, 3.05) is 0 Å². The van der Waals surface area contributed by atoms with Crippen LogP contribution in [0.15, 0.2) is 16.6 Å². The second-order valence-electron chi connectivity index (χ2n) is 3.04. The highest BCUT2D eigenvalue weighted by atomic mass is 79.9. The molecule has 0 bridgehead atoms. The minimum Gasteiger partial charge on any atom is -0.504 e. The van der Waals surface area contributed by atoms with E-state index in [1.54, 1.807) is 0 Å². The molecule has 6 heteroatoms. The highest BCUT2D eigenvalue weighted by molar-refractivity contribution is 9.10. The van der Waals surface area contributed by atoms with Crippen LogP contribution in [0.5, 0.6) is 11.5 Å². The Kier molecular flexibility index (Phi) is 3.54. The molecule has 0 fully saturated rings. The van der Waals surface area contributed by atoms with Crippen molar-refractivity contribution in [1.29, 1.82) is 0 Å². The summed E-state index contributed by atoms with van der Waals surface area (Å²) in [5.74, 6) is -1.81. The van der Waals surface area contributed by atoms with Gasteiger partial charge in [0, 0.05) is 16.5 Å². The van der Waals surface area contributed by atoms with E-state index in [-0.39, 0.29) is 23.5 Å². The van der Waals surface area contributed by atoms with Gasteiger partial charge in [-0.25, -0.2) is 0 Å². The van der Waals surface area contributed by atoms with E-state index in [1.807, 2.05) is 0 Å². The van der Waals surface area contributed by atoms with Crippen LogP contribution >= 0.6 is 15.9 Å². The van der Waals surface area contributed by atoms with Gasteiger partial charge in [-0.15, -0.1) is 0 Å². The summed E-state index contributed by atoms with van der Waals surface area (Å²) in [4.78, 5) is 10.5. The average molecular weight is 276 g/mol. The number of hydrogen-bond acceptors (Lipinski definition) is 4. The third kappa shape index (κ3) is 2.60. The van der Waals surface area contributed by atoms with Crippen LogP contribution in [0.3, 0.4) is 0 Å². The first-order valence-corrected chi connectivity index (χ1v) is 4.90. The Morgan fingerprint density at radius 3 is 2.60 bits per heavy atom. The van der Waals surface area contributed by atoms with Gasteiger partial charge in [0.15, 0.2) is 11.5 Å². The van der Waals surface area contributed by atoms with E-state index in [1.165, 1.54) is 12.1 Å². The zero-order chi connectivity index (χ0) is 11.6. The van der Waals surface area contributed by atoms with Crippen molar-refractivity contribution >= 4 is 21.9 Å². The van der Waals surface area contributed by atoms with E-state index in [2.05, 4.69) is 15.9 Å². The van der Waals surface area contributed by atoms with Crippen molar-refractivity contribution in [2.45, 2.75) is 12.5 Å². The molecule has 1 rings (SSSR count). The lowest BCUT2D eigenvalue weighted by Crippen LogP contribution is -2.32. The predicted molar refractivity (Wildman–Crippen MR) is 56.8 cm³/mol. The third-order valence-corrected chi connectivity index (χ3v) is 2.69. The van der Waals surface area contributed by atoms with Crippen LogP contribution in [0.1, 0.15) is 5.56 Å². The summed E-state index contributed by atoms with van der Waals surface area (Å²) in [7, 11) is 0. The molecule has 1 atom stereocenters. The number of carboxylic acid groups (broad SMARTS) is 1. The third-order valence-electron chi connectivity index (χ3n) is 1.95. The number of aromatic hydroxyl groups is 2. The number of rotatable bonds is 3. The van der Waals surface area contributed by atoms with Crippen molar-refractivity contribution in [3.05, 3.63) is 22.2 Å². The van der Waals surface area contributed by atoms with Crippen molar-refractivity contribution < 1.29 is 20.1 Å². The average Bonchev–Trinajstić information content (AvgIpc) is 2.18. The Morgan fingerprint density at radius 1 is 1.47 bits per heavy atom. The van der Waals surface area contributed by atoms with E-state index < -0.39 is 12.0 Å². The highest BCUT2D eigenvalue weighted by Gasteiger charge is 2.18. The fraction of sp³-hybridized carbons (Fsp3) is 0.222. The molecular weight excluding hydrogens is 266 g/mol. The largest absolute Gasteiger partial charge is 0.504 e. The van der Waals surface area contributed by atoms with Crippen molar-refractivity contribution in [3.63, 3.8) is 0 Å². The number of phenols is 2. The molecule has 0 saturated carbocycles. The van der Waals surface area contributed by atoms with E-state index in [0.29, 0.717) is 4.47 Å². The molecule has 82 valence electrons. The lowest BCUT2D eigenvalue weighted by Gasteiger charge is -2.11. The molecule has 0 saturated heterocycles. The van der Waals surface area contributed by atoms with Gasteiger partial charge < -0.3 is 21.1 Å². The molecule has 0 amide bonds. The maximum atomic E-state index is 10.5. The van der Waals surface area contributed by atoms with Gasteiger partial charge >= 0.3 is 5.97 Å². The molecule has 0 aliphatic carbocycles. The molecular formula is C9H10BrNO4. The van der Waals surface area contributed by atoms with Crippen LogP contribution in [-0.4, -0.2) is 27.3 Å². The Balaban J connectivity index is 3.03. The summed E-state index contributed by atoms with van der Waals surface area (Å²) in [6.07, 6.45) is -0.0594. The molecule has 1 aromatic carbocycles. The molecule has 0 radical (unpaired) electrons. The van der Waals surface area contributed by atoms with Crippen LogP contribution in [-0.2, 0) is 11.2 Å². The van der Waals surface area contributed by atoms with Gasteiger partial charge in [-0.1, -0.05) is 15.9 Å². The molecule has 0 aliphatic rings. The molecule has 5 nitrogen and oxygen atoms in total. The fourth-order valence-corrected chi connectivity index (χ4v) is 1.58. The van der Waals surface area contributed by atoms with Gasteiger partial charge in [-0.05, 0) is 12.1 Å². The Labute approximate surface area is 94.3 Å². The number of nitrogens with two attached hydrogens (primary N) is 1. The summed E-state index contributed by atoms with van der Waals surface area (Å²) in [6, 6.07) is 1.70. The number of aliphatic carboxylic acids is 1. The topological polar surface area (TPSA) is 104 Å². The first kappa shape index (κ1) is 11.8. The summed E-state index contributed by atoms with van der Waals surface area (Å²) in [5.41, 5.74) is 5.61. The van der Waals surface area contributed by atoms with Crippen LogP contribution in [0.2, 0.25) is 0 Å². The normalized spacial score (nSPS) is 12.4. The van der Waals surface area contributed by atoms with Gasteiger partial charge in [0.1, 0.15) is 6.04 Å². The Bertz CT molecular complexity index is 394. The van der Waals surface area contributed by atoms with Crippen molar-refractivity contribution in [1.82, 2.24) is 0 Å². The molecule has 0 aromatic heterocycles. The lowest BCUT2D eigenvalue weighted by molar-refractivity contribution is -0.138. The number of carbonyl (C=O) groups is 1. The molecule has 1 aromatic rings. The van der Waals surface area contributed by atoms with Crippen LogP contribution in [0, 0.1) is 0 Å². The van der Waals surface area contributed by atoms with Gasteiger partial charge in [0.25, 0.3) is 0 Å². The lowest BCUT2D eigenvalue weighted by atomic mass is 10.1. The minimum absolute atomic E-state index is 0.0594. The fourth-order valence-electron chi connectivity index (χ4n) is 1.10. The first-order valence-electron chi connectivity index (χ1n) is 4.11. The second kappa shape index (κ2) is 4.50. The Morgan fingerprint density at radius 2 is 2.07 bits per heavy atom. The number of benzene rings is 1. The van der Waals surface area contributed by atoms with Crippen LogP contribution < -0.4 is 5.73 Å². The summed E-state index contributed by atoms with van der Waals surface area (Å²) in [6.45, 7) is 0. The first-order chi connectivity index (χ1) is 6.93. The number of carboxylic acids is 1. The molecule has 1 unspecified atom stereocenters. The summed E-state index contributed by atoms with van der Waals surface area (Å²) < 4.78 is 0.509. The summed E-state index contributed by atoms with van der Waals surface area (Å²) >= 11 is 3.14. The quantitative estimate of drug-likeness (QED) is 0.612. The van der Waals surface area contributed by atoms with E-state index in [0.717, 1.165) is 0 Å². The highest BCUT2D eigenvalue weighted by Crippen LogP contribution is 2.34. The van der Waals surface area contributed by atoms with Gasteiger partial charge in [0.05, 0.1) is 0 Å². The van der Waals surface area contributed by atoms with E-state index in [9.17, 15) is 15.0 Å². The standard InChI is InChI=1S/C9H10BrNO4/c10-5-1-2-7(12)8(13)4(5)3-6(11)9(14)15/h1-2,6,12-13H,3,11H2,(H,14,15). The van der Waals surface area contributed by atoms with E-state index >= 15 is 0 Å². The number of hydrogen-bond donors (Lipinski definition) is 4. The SMILES string of the molecule is NC(Cc1c(Br)ccc(O)c1O)C(=O)O. The zero-order valence-electron chi connectivity index (χ0n) is 7.64. The van der Waals surface area contributed by atoms with Gasteiger partial charge in [0.2, 0.25) is 0 Å². The minimum atomic E-state index is -1.16. The number of phenolic OH excluding ortho intramolecular Hbond substituents is 2. The predicted octanol–water partition coefficient (Wildman–Crippen LogP) is 0.815. The molecule has 0 spiro atoms. The van der Waals surface area contributed by atoms with Crippen molar-refractivity contribution in [3.8, 4) is 11.5 Å². The van der Waals surface area contributed by atoms with Crippen LogP contribution in [0.4, 0.5) is 0 Å². The van der Waals surface area contributed by atoms with Crippen LogP contribution in [0.25, 0.3) is 0 Å². The number of halogens is 1. The summed E-state index contributed by atoms with van der Waals surface area (Å²) in [5, 5.41) is 27.3. The van der Waals surface area contributed by atoms with Gasteiger partial charge in [-0.2, -0.15) is 0 Å². The molecule has 0 heterocycles. The zero-order valence-corrected chi connectivity index (χ0v) is 9.23. The Hall–Kier alpha value is -1.27. The van der Waals surface area contributed by atoms with Gasteiger partial charge in [-0.3, -0.25) is 4.79 Å². The maximum Gasteiger partial charge on any atom is 0.320 e. The molecule has 5 N–H and O–H groups in total. The van der Waals surface area contributed by atoms with E-state index in [4.69, 9.17) is 10.8 Å². The van der Waals surface area contributed by atoms with Crippen molar-refractivity contribution in [2.24, 2.45) is 5.73 Å². The monoisotopic (exact) mass is 275 g/mol. The molecule has 15 heavy (non-hydrogen) atoms. The second-order valence-corrected chi connectivity index (χ2v) is 3.90. The smallest absolute Gasteiger partial charge is 0.320 e. The molecule has 0 aliphatic heterocycles.